The van der Waals surface area contributed by atoms with Crippen molar-refractivity contribution < 1.29 is 23.8 Å². The first kappa shape index (κ1) is 17.3. The van der Waals surface area contributed by atoms with E-state index in [2.05, 4.69) is 10.1 Å². The van der Waals surface area contributed by atoms with Gasteiger partial charge in [-0.05, 0) is 24.6 Å². The molecule has 1 aromatic rings. The maximum absolute atomic E-state index is 11.6. The third-order valence-corrected chi connectivity index (χ3v) is 2.79. The minimum Gasteiger partial charge on any atom is -0.483 e. The average Bonchev–Trinajstić information content (AvgIpc) is 2.49. The van der Waals surface area contributed by atoms with Gasteiger partial charge in [0, 0.05) is 25.3 Å². The first-order chi connectivity index (χ1) is 10.1. The topological polar surface area (TPSA) is 73.9 Å². The van der Waals surface area contributed by atoms with Gasteiger partial charge in [-0.3, -0.25) is 4.79 Å². The molecule has 0 aliphatic rings. The first-order valence-corrected chi connectivity index (χ1v) is 6.72. The predicted octanol–water partition coefficient (Wildman–Crippen LogP) is 1.66. The Bertz CT molecular complexity index is 492. The molecule has 0 heterocycles. The summed E-state index contributed by atoms with van der Waals surface area (Å²) < 4.78 is 14.8. The number of esters is 1. The van der Waals surface area contributed by atoms with Gasteiger partial charge >= 0.3 is 5.97 Å². The molecule has 0 aliphatic carbocycles. The standard InChI is InChI=1S/C14H18ClNO5/c1-19-7-3-6-16-13(17)9-21-12-5-4-10(15)8-11(12)14(18)20-2/h4-5,8H,3,6-7,9H2,1-2H3,(H,16,17). The van der Waals surface area contributed by atoms with Crippen LogP contribution in [-0.4, -0.2) is 45.9 Å². The molecule has 116 valence electrons. The summed E-state index contributed by atoms with van der Waals surface area (Å²) in [6.45, 7) is 0.879. The number of benzene rings is 1. The quantitative estimate of drug-likeness (QED) is 0.583. The Balaban J connectivity index is 2.55. The van der Waals surface area contributed by atoms with Gasteiger partial charge in [0.05, 0.1) is 7.11 Å². The lowest BCUT2D eigenvalue weighted by Crippen LogP contribution is -2.30. The van der Waals surface area contributed by atoms with Gasteiger partial charge < -0.3 is 19.5 Å². The zero-order chi connectivity index (χ0) is 15.7. The predicted molar refractivity (Wildman–Crippen MR) is 77.8 cm³/mol. The van der Waals surface area contributed by atoms with Gasteiger partial charge in [-0.15, -0.1) is 0 Å². The van der Waals surface area contributed by atoms with Gasteiger partial charge in [-0.1, -0.05) is 11.6 Å². The Morgan fingerprint density at radius 2 is 2.05 bits per heavy atom. The molecule has 7 heteroatoms. The van der Waals surface area contributed by atoms with Gasteiger partial charge in [0.15, 0.2) is 6.61 Å². The van der Waals surface area contributed by atoms with Gasteiger partial charge in [-0.25, -0.2) is 4.79 Å². The molecule has 0 fully saturated rings. The fourth-order valence-corrected chi connectivity index (χ4v) is 1.71. The summed E-state index contributed by atoms with van der Waals surface area (Å²) in [6.07, 6.45) is 0.719. The molecule has 21 heavy (non-hydrogen) atoms. The average molecular weight is 316 g/mol. The molecule has 0 bridgehead atoms. The molecule has 0 aliphatic heterocycles. The number of rotatable bonds is 8. The molecule has 6 nitrogen and oxygen atoms in total. The molecule has 1 amide bonds. The zero-order valence-corrected chi connectivity index (χ0v) is 12.7. The van der Waals surface area contributed by atoms with Crippen LogP contribution in [0.5, 0.6) is 5.75 Å². The number of hydrogen-bond acceptors (Lipinski definition) is 5. The molecule has 0 atom stereocenters. The van der Waals surface area contributed by atoms with Crippen molar-refractivity contribution in [2.45, 2.75) is 6.42 Å². The summed E-state index contributed by atoms with van der Waals surface area (Å²) in [7, 11) is 2.86. The van der Waals surface area contributed by atoms with Crippen LogP contribution >= 0.6 is 11.6 Å². The van der Waals surface area contributed by atoms with E-state index in [9.17, 15) is 9.59 Å². The summed E-state index contributed by atoms with van der Waals surface area (Å²) in [6, 6.07) is 4.52. The van der Waals surface area contributed by atoms with Crippen molar-refractivity contribution in [2.75, 3.05) is 34.0 Å². The number of carbonyl (C=O) groups is 2. The highest BCUT2D eigenvalue weighted by molar-refractivity contribution is 6.31. The highest BCUT2D eigenvalue weighted by Crippen LogP contribution is 2.23. The van der Waals surface area contributed by atoms with Crippen molar-refractivity contribution in [3.63, 3.8) is 0 Å². The molecule has 1 rings (SSSR count). The second kappa shape index (κ2) is 9.20. The largest absolute Gasteiger partial charge is 0.483 e. The van der Waals surface area contributed by atoms with Crippen molar-refractivity contribution in [1.29, 1.82) is 0 Å². The SMILES string of the molecule is COCCCNC(=O)COc1ccc(Cl)cc1C(=O)OC. The number of hydrogen-bond donors (Lipinski definition) is 1. The summed E-state index contributed by atoms with van der Waals surface area (Å²) in [5, 5.41) is 3.06. The van der Waals surface area contributed by atoms with Crippen molar-refractivity contribution in [1.82, 2.24) is 5.32 Å². The van der Waals surface area contributed by atoms with Crippen LogP contribution in [-0.2, 0) is 14.3 Å². The molecule has 1 aromatic carbocycles. The Morgan fingerprint density at radius 1 is 1.29 bits per heavy atom. The van der Waals surface area contributed by atoms with Crippen LogP contribution in [0.25, 0.3) is 0 Å². The number of methoxy groups -OCH3 is 2. The number of carbonyl (C=O) groups excluding carboxylic acids is 2. The van der Waals surface area contributed by atoms with E-state index in [0.29, 0.717) is 18.2 Å². The zero-order valence-electron chi connectivity index (χ0n) is 12.0. The van der Waals surface area contributed by atoms with E-state index in [0.717, 1.165) is 6.42 Å². The fourth-order valence-electron chi connectivity index (χ4n) is 1.54. The second-order valence-electron chi connectivity index (χ2n) is 4.12. The Kier molecular flexibility index (Phi) is 7.56. The Morgan fingerprint density at radius 3 is 2.71 bits per heavy atom. The fraction of sp³-hybridized carbons (Fsp3) is 0.429. The van der Waals surface area contributed by atoms with Crippen LogP contribution in [0.15, 0.2) is 18.2 Å². The van der Waals surface area contributed by atoms with Crippen molar-refractivity contribution in [3.05, 3.63) is 28.8 Å². The molecule has 0 unspecified atom stereocenters. The lowest BCUT2D eigenvalue weighted by molar-refractivity contribution is -0.123. The Labute approximate surface area is 128 Å². The summed E-state index contributed by atoms with van der Waals surface area (Å²) >= 11 is 5.82. The van der Waals surface area contributed by atoms with Crippen LogP contribution in [0.4, 0.5) is 0 Å². The summed E-state index contributed by atoms with van der Waals surface area (Å²) in [4.78, 5) is 23.2. The highest BCUT2D eigenvalue weighted by Gasteiger charge is 2.14. The maximum Gasteiger partial charge on any atom is 0.341 e. The smallest absolute Gasteiger partial charge is 0.341 e. The third-order valence-electron chi connectivity index (χ3n) is 2.55. The molecule has 0 aromatic heterocycles. The Hall–Kier alpha value is -1.79. The van der Waals surface area contributed by atoms with Gasteiger partial charge in [0.25, 0.3) is 5.91 Å². The number of halogens is 1. The summed E-state index contributed by atoms with van der Waals surface area (Å²) in [5.74, 6) is -0.608. The minimum atomic E-state index is -0.576. The van der Waals surface area contributed by atoms with E-state index in [-0.39, 0.29) is 23.8 Å². The second-order valence-corrected chi connectivity index (χ2v) is 4.55. The van der Waals surface area contributed by atoms with E-state index < -0.39 is 5.97 Å². The lowest BCUT2D eigenvalue weighted by atomic mass is 10.2. The van der Waals surface area contributed by atoms with Crippen molar-refractivity contribution in [2.24, 2.45) is 0 Å². The minimum absolute atomic E-state index is 0.178. The van der Waals surface area contributed by atoms with Crippen molar-refractivity contribution in [3.8, 4) is 5.75 Å². The number of ether oxygens (including phenoxy) is 3. The van der Waals surface area contributed by atoms with E-state index in [4.69, 9.17) is 21.1 Å². The first-order valence-electron chi connectivity index (χ1n) is 6.34. The third kappa shape index (κ3) is 6.01. The lowest BCUT2D eigenvalue weighted by Gasteiger charge is -2.10. The molecule has 0 saturated heterocycles. The maximum atomic E-state index is 11.6. The summed E-state index contributed by atoms with van der Waals surface area (Å²) in [5.41, 5.74) is 0.178. The van der Waals surface area contributed by atoms with Crippen LogP contribution in [0, 0.1) is 0 Å². The molecule has 0 saturated carbocycles. The van der Waals surface area contributed by atoms with Crippen LogP contribution in [0.2, 0.25) is 5.02 Å². The number of amides is 1. The number of nitrogens with one attached hydrogen (secondary N) is 1. The normalized spacial score (nSPS) is 10.0. The molecular formula is C14H18ClNO5. The van der Waals surface area contributed by atoms with Gasteiger partial charge in [-0.2, -0.15) is 0 Å². The van der Waals surface area contributed by atoms with Crippen molar-refractivity contribution >= 4 is 23.5 Å². The van der Waals surface area contributed by atoms with E-state index in [1.807, 2.05) is 0 Å². The van der Waals surface area contributed by atoms with Crippen LogP contribution < -0.4 is 10.1 Å². The van der Waals surface area contributed by atoms with Crippen LogP contribution in [0.1, 0.15) is 16.8 Å². The molecule has 0 spiro atoms. The molecule has 1 N–H and O–H groups in total. The molecule has 0 radical (unpaired) electrons. The molecular weight excluding hydrogens is 298 g/mol. The van der Waals surface area contributed by atoms with E-state index >= 15 is 0 Å². The monoisotopic (exact) mass is 315 g/mol. The van der Waals surface area contributed by atoms with Gasteiger partial charge in [0.1, 0.15) is 11.3 Å². The van der Waals surface area contributed by atoms with E-state index in [1.54, 1.807) is 13.2 Å². The highest BCUT2D eigenvalue weighted by atomic mass is 35.5. The van der Waals surface area contributed by atoms with Gasteiger partial charge in [0.2, 0.25) is 0 Å². The van der Waals surface area contributed by atoms with E-state index in [1.165, 1.54) is 19.2 Å². The van der Waals surface area contributed by atoms with Crippen LogP contribution in [0.3, 0.4) is 0 Å².